The van der Waals surface area contributed by atoms with Crippen LogP contribution in [0.3, 0.4) is 0 Å². The Balaban J connectivity index is 2.46. The van der Waals surface area contributed by atoms with E-state index in [1.807, 2.05) is 0 Å². The molecule has 0 amide bonds. The molecule has 2 N–H and O–H groups in total. The zero-order valence-electron chi connectivity index (χ0n) is 7.79. The van der Waals surface area contributed by atoms with Crippen LogP contribution in [0.4, 0.5) is 0 Å². The lowest BCUT2D eigenvalue weighted by atomic mass is 9.90. The number of aliphatic hydroxyl groups is 2. The van der Waals surface area contributed by atoms with Crippen LogP contribution in [0.15, 0.2) is 48.2 Å². The van der Waals surface area contributed by atoms with E-state index in [0.29, 0.717) is 5.56 Å². The molecule has 1 aliphatic carbocycles. The van der Waals surface area contributed by atoms with E-state index in [0.717, 1.165) is 0 Å². The maximum Gasteiger partial charge on any atom is 0.171 e. The van der Waals surface area contributed by atoms with Crippen molar-refractivity contribution in [1.82, 2.24) is 4.98 Å². The van der Waals surface area contributed by atoms with E-state index in [1.165, 1.54) is 18.3 Å². The summed E-state index contributed by atoms with van der Waals surface area (Å²) in [7, 11) is 0. The minimum Gasteiger partial charge on any atom is -0.507 e. The Bertz CT molecular complexity index is 448. The van der Waals surface area contributed by atoms with Gasteiger partial charge in [0.2, 0.25) is 0 Å². The highest BCUT2D eigenvalue weighted by Crippen LogP contribution is 2.28. The van der Waals surface area contributed by atoms with Gasteiger partial charge in [0.15, 0.2) is 11.5 Å². The van der Waals surface area contributed by atoms with E-state index in [2.05, 4.69) is 4.98 Å². The highest BCUT2D eigenvalue weighted by atomic mass is 16.3. The fraction of sp³-hybridized carbons (Fsp3) is 0.0909. The summed E-state index contributed by atoms with van der Waals surface area (Å²) in [4.78, 5) is 15.4. The second-order valence-corrected chi connectivity index (χ2v) is 3.23. The first kappa shape index (κ1) is 9.45. The van der Waals surface area contributed by atoms with Gasteiger partial charge in [-0.3, -0.25) is 9.78 Å². The van der Waals surface area contributed by atoms with Crippen molar-refractivity contribution in [2.24, 2.45) is 0 Å². The van der Waals surface area contributed by atoms with Crippen LogP contribution in [0.5, 0.6) is 0 Å². The van der Waals surface area contributed by atoms with Gasteiger partial charge in [-0.15, -0.1) is 0 Å². The molecule has 1 aromatic rings. The van der Waals surface area contributed by atoms with Crippen LogP contribution in [-0.2, 0) is 4.79 Å². The summed E-state index contributed by atoms with van der Waals surface area (Å²) in [6.45, 7) is 0. The number of ketones is 1. The van der Waals surface area contributed by atoms with Gasteiger partial charge in [-0.05, 0) is 23.8 Å². The molecule has 0 saturated carbocycles. The molecule has 4 heteroatoms. The number of hydrogen-bond acceptors (Lipinski definition) is 4. The Morgan fingerprint density at radius 1 is 1.27 bits per heavy atom. The number of aliphatic hydroxyl groups excluding tert-OH is 2. The fourth-order valence-corrected chi connectivity index (χ4v) is 1.49. The van der Waals surface area contributed by atoms with Crippen molar-refractivity contribution < 1.29 is 15.0 Å². The molecule has 0 saturated heterocycles. The van der Waals surface area contributed by atoms with E-state index in [9.17, 15) is 15.0 Å². The average molecular weight is 203 g/mol. The topological polar surface area (TPSA) is 70.4 Å². The van der Waals surface area contributed by atoms with E-state index in [-0.39, 0.29) is 17.3 Å². The number of rotatable bonds is 1. The van der Waals surface area contributed by atoms with Crippen LogP contribution in [0.2, 0.25) is 0 Å². The molecule has 0 bridgehead atoms. The first-order valence-electron chi connectivity index (χ1n) is 4.44. The lowest BCUT2D eigenvalue weighted by Crippen LogP contribution is -2.17. The largest absolute Gasteiger partial charge is 0.507 e. The number of hydrogen-bond donors (Lipinski definition) is 2. The van der Waals surface area contributed by atoms with Gasteiger partial charge in [-0.2, -0.15) is 0 Å². The molecule has 1 aliphatic rings. The van der Waals surface area contributed by atoms with Gasteiger partial charge < -0.3 is 10.2 Å². The lowest BCUT2D eigenvalue weighted by molar-refractivity contribution is -0.116. The number of aromatic nitrogens is 1. The summed E-state index contributed by atoms with van der Waals surface area (Å²) in [5.74, 6) is -1.69. The second-order valence-electron chi connectivity index (χ2n) is 3.23. The van der Waals surface area contributed by atoms with Gasteiger partial charge in [0.25, 0.3) is 0 Å². The van der Waals surface area contributed by atoms with E-state index in [4.69, 9.17) is 0 Å². The van der Waals surface area contributed by atoms with E-state index >= 15 is 0 Å². The molecule has 1 atom stereocenters. The van der Waals surface area contributed by atoms with Gasteiger partial charge in [0, 0.05) is 12.4 Å². The third-order valence-electron chi connectivity index (χ3n) is 2.24. The van der Waals surface area contributed by atoms with Crippen molar-refractivity contribution in [3.05, 3.63) is 53.8 Å². The molecule has 15 heavy (non-hydrogen) atoms. The highest BCUT2D eigenvalue weighted by Gasteiger charge is 2.28. The maximum absolute atomic E-state index is 11.5. The van der Waals surface area contributed by atoms with Crippen molar-refractivity contribution in [3.8, 4) is 0 Å². The summed E-state index contributed by atoms with van der Waals surface area (Å²) in [5.41, 5.74) is 0.566. The summed E-state index contributed by atoms with van der Waals surface area (Å²) in [6.07, 6.45) is 5.50. The Kier molecular flexibility index (Phi) is 2.25. The first-order chi connectivity index (χ1) is 7.20. The monoisotopic (exact) mass is 203 g/mol. The van der Waals surface area contributed by atoms with E-state index in [1.54, 1.807) is 18.3 Å². The quantitative estimate of drug-likeness (QED) is 0.727. The standard InChI is InChI=1S/C11H9NO3/c13-8-3-4-9(14)11(15)10(8)7-2-1-5-12-6-7/h1-6,10,14-15H. The smallest absolute Gasteiger partial charge is 0.171 e. The van der Waals surface area contributed by atoms with Crippen molar-refractivity contribution in [1.29, 1.82) is 0 Å². The second kappa shape index (κ2) is 3.57. The summed E-state index contributed by atoms with van der Waals surface area (Å²) >= 11 is 0. The molecular formula is C11H9NO3. The molecule has 0 aromatic carbocycles. The number of carbonyl (C=O) groups is 1. The Morgan fingerprint density at radius 3 is 2.73 bits per heavy atom. The van der Waals surface area contributed by atoms with Crippen LogP contribution < -0.4 is 0 Å². The Hall–Kier alpha value is -2.10. The van der Waals surface area contributed by atoms with Crippen molar-refractivity contribution in [2.75, 3.05) is 0 Å². The molecular weight excluding hydrogens is 194 g/mol. The lowest BCUT2D eigenvalue weighted by Gasteiger charge is -2.16. The summed E-state index contributed by atoms with van der Waals surface area (Å²) < 4.78 is 0. The molecule has 0 radical (unpaired) electrons. The predicted octanol–water partition coefficient (Wildman–Crippen LogP) is 1.63. The molecule has 0 spiro atoms. The van der Waals surface area contributed by atoms with E-state index < -0.39 is 5.92 Å². The third kappa shape index (κ3) is 1.61. The van der Waals surface area contributed by atoms with Gasteiger partial charge in [-0.25, -0.2) is 0 Å². The maximum atomic E-state index is 11.5. The summed E-state index contributed by atoms with van der Waals surface area (Å²) in [6, 6.07) is 3.35. The van der Waals surface area contributed by atoms with Gasteiger partial charge in [0.05, 0.1) is 0 Å². The first-order valence-corrected chi connectivity index (χ1v) is 4.44. The highest BCUT2D eigenvalue weighted by molar-refractivity contribution is 5.99. The summed E-state index contributed by atoms with van der Waals surface area (Å²) in [5, 5.41) is 18.9. The minimum atomic E-state index is -0.830. The minimum absolute atomic E-state index is 0.265. The zero-order chi connectivity index (χ0) is 10.8. The Morgan fingerprint density at radius 2 is 2.07 bits per heavy atom. The van der Waals surface area contributed by atoms with Crippen molar-refractivity contribution in [2.45, 2.75) is 5.92 Å². The van der Waals surface area contributed by atoms with Crippen LogP contribution in [0, 0.1) is 0 Å². The molecule has 1 unspecified atom stereocenters. The zero-order valence-corrected chi connectivity index (χ0v) is 7.79. The molecule has 0 fully saturated rings. The van der Waals surface area contributed by atoms with Crippen LogP contribution in [-0.4, -0.2) is 21.0 Å². The predicted molar refractivity (Wildman–Crippen MR) is 53.4 cm³/mol. The van der Waals surface area contributed by atoms with Crippen LogP contribution in [0.1, 0.15) is 11.5 Å². The number of allylic oxidation sites excluding steroid dienone is 3. The van der Waals surface area contributed by atoms with Crippen LogP contribution in [0.25, 0.3) is 0 Å². The van der Waals surface area contributed by atoms with Gasteiger partial charge >= 0.3 is 0 Å². The van der Waals surface area contributed by atoms with Crippen molar-refractivity contribution in [3.63, 3.8) is 0 Å². The van der Waals surface area contributed by atoms with Gasteiger partial charge in [0.1, 0.15) is 11.7 Å². The third-order valence-corrected chi connectivity index (χ3v) is 2.24. The molecule has 4 nitrogen and oxygen atoms in total. The van der Waals surface area contributed by atoms with Gasteiger partial charge in [-0.1, -0.05) is 6.07 Å². The van der Waals surface area contributed by atoms with Crippen LogP contribution >= 0.6 is 0 Å². The molecule has 2 rings (SSSR count). The molecule has 1 aromatic heterocycles. The molecule has 76 valence electrons. The Labute approximate surface area is 86.2 Å². The number of pyridine rings is 1. The molecule has 1 heterocycles. The number of nitrogens with zero attached hydrogens (tertiary/aromatic N) is 1. The molecule has 0 aliphatic heterocycles. The average Bonchev–Trinajstić information content (AvgIpc) is 2.26. The normalized spacial score (nSPS) is 20.8. The SMILES string of the molecule is O=C1C=CC(O)=C(O)C1c1cccnc1. The van der Waals surface area contributed by atoms with Crippen molar-refractivity contribution >= 4 is 5.78 Å². The number of carbonyl (C=O) groups excluding carboxylic acids is 1. The fourth-order valence-electron chi connectivity index (χ4n) is 1.49.